The molecule has 0 aromatic heterocycles. The summed E-state index contributed by atoms with van der Waals surface area (Å²) in [5.74, 6) is 0. The summed E-state index contributed by atoms with van der Waals surface area (Å²) in [6, 6.07) is 10.5. The van der Waals surface area contributed by atoms with Crippen LogP contribution in [0.5, 0.6) is 0 Å². The molecular weight excluding hydrogens is 160 g/mol. The largest absolute Gasteiger partial charge is 0.323 e. The highest BCUT2D eigenvalue weighted by molar-refractivity contribution is 5.18. The molecule has 1 unspecified atom stereocenters. The SMILES string of the molecule is NC(CN1CCC1)c1ccccc1. The van der Waals surface area contributed by atoms with Crippen molar-refractivity contribution >= 4 is 0 Å². The molecule has 0 radical (unpaired) electrons. The Balaban J connectivity index is 1.92. The highest BCUT2D eigenvalue weighted by Crippen LogP contribution is 2.14. The normalized spacial score (nSPS) is 19.5. The van der Waals surface area contributed by atoms with Gasteiger partial charge in [-0.1, -0.05) is 30.3 Å². The third-order valence-corrected chi connectivity index (χ3v) is 2.63. The molecule has 1 aromatic rings. The van der Waals surface area contributed by atoms with Crippen LogP contribution in [-0.2, 0) is 0 Å². The lowest BCUT2D eigenvalue weighted by Crippen LogP contribution is -2.41. The summed E-state index contributed by atoms with van der Waals surface area (Å²) < 4.78 is 0. The van der Waals surface area contributed by atoms with Gasteiger partial charge in [-0.05, 0) is 25.1 Å². The number of nitrogens with two attached hydrogens (primary N) is 1. The van der Waals surface area contributed by atoms with Gasteiger partial charge in [0, 0.05) is 12.6 Å². The molecule has 1 aromatic carbocycles. The van der Waals surface area contributed by atoms with Crippen molar-refractivity contribution in [3.05, 3.63) is 35.9 Å². The van der Waals surface area contributed by atoms with Crippen LogP contribution in [0.4, 0.5) is 0 Å². The van der Waals surface area contributed by atoms with Crippen molar-refractivity contribution in [3.8, 4) is 0 Å². The summed E-state index contributed by atoms with van der Waals surface area (Å²) in [5, 5.41) is 0. The van der Waals surface area contributed by atoms with Crippen molar-refractivity contribution < 1.29 is 0 Å². The number of rotatable bonds is 3. The maximum Gasteiger partial charge on any atom is 0.0424 e. The summed E-state index contributed by atoms with van der Waals surface area (Å²) in [4.78, 5) is 2.40. The van der Waals surface area contributed by atoms with Gasteiger partial charge in [0.05, 0.1) is 0 Å². The van der Waals surface area contributed by atoms with E-state index in [2.05, 4.69) is 17.0 Å². The lowest BCUT2D eigenvalue weighted by molar-refractivity contribution is 0.170. The van der Waals surface area contributed by atoms with E-state index in [0.29, 0.717) is 0 Å². The molecule has 0 aliphatic carbocycles. The maximum atomic E-state index is 6.06. The Hall–Kier alpha value is -0.860. The van der Waals surface area contributed by atoms with Gasteiger partial charge in [0.1, 0.15) is 0 Å². The van der Waals surface area contributed by atoms with Crippen LogP contribution in [0.15, 0.2) is 30.3 Å². The summed E-state index contributed by atoms with van der Waals surface area (Å²) >= 11 is 0. The molecule has 1 atom stereocenters. The minimum Gasteiger partial charge on any atom is -0.323 e. The van der Waals surface area contributed by atoms with E-state index in [1.807, 2.05) is 18.2 Å². The van der Waals surface area contributed by atoms with E-state index in [9.17, 15) is 0 Å². The number of likely N-dealkylation sites (tertiary alicyclic amines) is 1. The van der Waals surface area contributed by atoms with Crippen LogP contribution in [0, 0.1) is 0 Å². The molecule has 1 saturated heterocycles. The van der Waals surface area contributed by atoms with E-state index in [1.165, 1.54) is 25.1 Å². The van der Waals surface area contributed by atoms with Gasteiger partial charge in [-0.25, -0.2) is 0 Å². The lowest BCUT2D eigenvalue weighted by atomic mass is 10.1. The molecule has 2 heteroatoms. The quantitative estimate of drug-likeness (QED) is 0.754. The molecule has 0 spiro atoms. The third-order valence-electron chi connectivity index (χ3n) is 2.63. The van der Waals surface area contributed by atoms with Gasteiger partial charge in [0.15, 0.2) is 0 Å². The van der Waals surface area contributed by atoms with E-state index in [1.54, 1.807) is 0 Å². The van der Waals surface area contributed by atoms with Crippen molar-refractivity contribution in [2.24, 2.45) is 5.73 Å². The zero-order chi connectivity index (χ0) is 9.10. The Morgan fingerprint density at radius 3 is 2.46 bits per heavy atom. The first kappa shape index (κ1) is 8.73. The molecule has 13 heavy (non-hydrogen) atoms. The van der Waals surface area contributed by atoms with Crippen LogP contribution in [0.1, 0.15) is 18.0 Å². The van der Waals surface area contributed by atoms with Crippen LogP contribution in [-0.4, -0.2) is 24.5 Å². The van der Waals surface area contributed by atoms with Crippen LogP contribution >= 0.6 is 0 Å². The molecule has 2 rings (SSSR count). The monoisotopic (exact) mass is 176 g/mol. The van der Waals surface area contributed by atoms with E-state index >= 15 is 0 Å². The molecule has 1 aliphatic rings. The Bertz CT molecular complexity index is 254. The highest BCUT2D eigenvalue weighted by Gasteiger charge is 2.17. The van der Waals surface area contributed by atoms with Crippen molar-refractivity contribution in [1.82, 2.24) is 4.90 Å². The minimum absolute atomic E-state index is 0.182. The van der Waals surface area contributed by atoms with Gasteiger partial charge in [-0.2, -0.15) is 0 Å². The first-order valence-electron chi connectivity index (χ1n) is 4.89. The fourth-order valence-electron chi connectivity index (χ4n) is 1.65. The number of hydrogen-bond acceptors (Lipinski definition) is 2. The molecule has 2 nitrogen and oxygen atoms in total. The van der Waals surface area contributed by atoms with Gasteiger partial charge in [-0.3, -0.25) is 0 Å². The van der Waals surface area contributed by atoms with E-state index < -0.39 is 0 Å². The van der Waals surface area contributed by atoms with Crippen LogP contribution in [0.2, 0.25) is 0 Å². The Morgan fingerprint density at radius 1 is 1.23 bits per heavy atom. The molecule has 1 heterocycles. The van der Waals surface area contributed by atoms with Gasteiger partial charge < -0.3 is 10.6 Å². The van der Waals surface area contributed by atoms with E-state index in [0.717, 1.165) is 6.54 Å². The zero-order valence-corrected chi connectivity index (χ0v) is 7.82. The minimum atomic E-state index is 0.182. The summed E-state index contributed by atoms with van der Waals surface area (Å²) in [5.41, 5.74) is 7.31. The average molecular weight is 176 g/mol. The molecule has 0 bridgehead atoms. The number of hydrogen-bond donors (Lipinski definition) is 1. The molecule has 0 amide bonds. The van der Waals surface area contributed by atoms with E-state index in [-0.39, 0.29) is 6.04 Å². The van der Waals surface area contributed by atoms with E-state index in [4.69, 9.17) is 5.73 Å². The maximum absolute atomic E-state index is 6.06. The molecule has 1 fully saturated rings. The summed E-state index contributed by atoms with van der Waals surface area (Å²) in [6.45, 7) is 3.45. The number of benzene rings is 1. The smallest absolute Gasteiger partial charge is 0.0424 e. The molecule has 70 valence electrons. The van der Waals surface area contributed by atoms with Crippen molar-refractivity contribution in [3.63, 3.8) is 0 Å². The van der Waals surface area contributed by atoms with Crippen molar-refractivity contribution in [2.75, 3.05) is 19.6 Å². The third kappa shape index (κ3) is 2.08. The van der Waals surface area contributed by atoms with Gasteiger partial charge in [-0.15, -0.1) is 0 Å². The van der Waals surface area contributed by atoms with Gasteiger partial charge in [0.25, 0.3) is 0 Å². The highest BCUT2D eigenvalue weighted by atomic mass is 15.2. The first-order valence-corrected chi connectivity index (χ1v) is 4.89. The standard InChI is InChI=1S/C11H16N2/c12-11(9-13-7-4-8-13)10-5-2-1-3-6-10/h1-3,5-6,11H,4,7-9,12H2. The van der Waals surface area contributed by atoms with Crippen molar-refractivity contribution in [1.29, 1.82) is 0 Å². The fourth-order valence-corrected chi connectivity index (χ4v) is 1.65. The second-order valence-corrected chi connectivity index (χ2v) is 3.67. The average Bonchev–Trinajstić information content (AvgIpc) is 2.12. The first-order chi connectivity index (χ1) is 6.36. The predicted octanol–water partition coefficient (Wildman–Crippen LogP) is 1.39. The summed E-state index contributed by atoms with van der Waals surface area (Å²) in [7, 11) is 0. The second-order valence-electron chi connectivity index (χ2n) is 3.67. The molecule has 0 saturated carbocycles. The topological polar surface area (TPSA) is 29.3 Å². The second kappa shape index (κ2) is 3.90. The Kier molecular flexibility index (Phi) is 2.62. The van der Waals surface area contributed by atoms with Crippen molar-refractivity contribution in [2.45, 2.75) is 12.5 Å². The Morgan fingerprint density at radius 2 is 1.92 bits per heavy atom. The molecule has 1 aliphatic heterocycles. The molecular formula is C11H16N2. The summed E-state index contributed by atoms with van der Waals surface area (Å²) in [6.07, 6.45) is 1.33. The van der Waals surface area contributed by atoms with Crippen LogP contribution in [0.25, 0.3) is 0 Å². The predicted molar refractivity (Wildman–Crippen MR) is 54.4 cm³/mol. The van der Waals surface area contributed by atoms with Gasteiger partial charge in [0.2, 0.25) is 0 Å². The number of nitrogens with zero attached hydrogens (tertiary/aromatic N) is 1. The zero-order valence-electron chi connectivity index (χ0n) is 7.82. The van der Waals surface area contributed by atoms with Crippen LogP contribution in [0.3, 0.4) is 0 Å². The molecule has 2 N–H and O–H groups in total. The fraction of sp³-hybridized carbons (Fsp3) is 0.455. The lowest BCUT2D eigenvalue weighted by Gasteiger charge is -2.33. The van der Waals surface area contributed by atoms with Gasteiger partial charge >= 0.3 is 0 Å². The Labute approximate surface area is 79.4 Å². The van der Waals surface area contributed by atoms with Crippen LogP contribution < -0.4 is 5.73 Å².